The Kier molecular flexibility index (Phi) is 5.27. The fraction of sp³-hybridized carbons (Fsp3) is 0.533. The normalized spacial score (nSPS) is 15.8. The monoisotopic (exact) mass is 290 g/mol. The van der Waals surface area contributed by atoms with E-state index < -0.39 is 0 Å². The number of likely N-dealkylation sites (N-methyl/N-ethyl adjacent to an activating group) is 1. The van der Waals surface area contributed by atoms with Gasteiger partial charge >= 0.3 is 0 Å². The molecule has 1 saturated heterocycles. The van der Waals surface area contributed by atoms with Gasteiger partial charge in [-0.2, -0.15) is 0 Å². The fourth-order valence-corrected chi connectivity index (χ4v) is 2.42. The first kappa shape index (κ1) is 15.4. The Labute approximate surface area is 124 Å². The second-order valence-electron chi connectivity index (χ2n) is 5.40. The van der Waals surface area contributed by atoms with Crippen LogP contribution in [0.3, 0.4) is 0 Å². The quantitative estimate of drug-likeness (QED) is 0.859. The van der Waals surface area contributed by atoms with Gasteiger partial charge in [0.1, 0.15) is 5.82 Å². The summed E-state index contributed by atoms with van der Waals surface area (Å²) in [4.78, 5) is 29.9. The van der Waals surface area contributed by atoms with Gasteiger partial charge in [0.05, 0.1) is 6.54 Å². The maximum absolute atomic E-state index is 12.2. The average Bonchev–Trinajstić information content (AvgIpc) is 2.50. The van der Waals surface area contributed by atoms with Crippen molar-refractivity contribution in [1.82, 2.24) is 15.2 Å². The van der Waals surface area contributed by atoms with Crippen molar-refractivity contribution in [3.63, 3.8) is 0 Å². The molecule has 0 aromatic carbocycles. The number of carbonyl (C=O) groups excluding carboxylic acids is 2. The zero-order valence-electron chi connectivity index (χ0n) is 12.6. The van der Waals surface area contributed by atoms with Crippen LogP contribution >= 0.6 is 0 Å². The highest BCUT2D eigenvalue weighted by atomic mass is 16.2. The lowest BCUT2D eigenvalue weighted by Crippen LogP contribution is -2.44. The maximum Gasteiger partial charge on any atom is 0.236 e. The number of nitrogens with zero attached hydrogens (tertiary/aromatic N) is 2. The molecule has 1 aliphatic rings. The van der Waals surface area contributed by atoms with Crippen LogP contribution in [0.4, 0.5) is 5.82 Å². The van der Waals surface area contributed by atoms with Gasteiger partial charge in [-0.25, -0.2) is 4.98 Å². The van der Waals surface area contributed by atoms with Crippen LogP contribution in [0.15, 0.2) is 18.3 Å². The summed E-state index contributed by atoms with van der Waals surface area (Å²) in [5.74, 6) is 0.620. The van der Waals surface area contributed by atoms with E-state index in [1.54, 1.807) is 19.3 Å². The van der Waals surface area contributed by atoms with Crippen molar-refractivity contribution >= 4 is 17.6 Å². The van der Waals surface area contributed by atoms with Crippen molar-refractivity contribution in [2.45, 2.75) is 19.8 Å². The van der Waals surface area contributed by atoms with Crippen molar-refractivity contribution in [1.29, 1.82) is 0 Å². The van der Waals surface area contributed by atoms with E-state index >= 15 is 0 Å². The molecule has 0 saturated carbocycles. The lowest BCUT2D eigenvalue weighted by atomic mass is 9.96. The van der Waals surface area contributed by atoms with Gasteiger partial charge in [-0.05, 0) is 38.4 Å². The molecule has 6 heteroatoms. The molecule has 1 aromatic heterocycles. The Balaban J connectivity index is 1.83. The largest absolute Gasteiger partial charge is 0.342 e. The first-order valence-corrected chi connectivity index (χ1v) is 7.26. The van der Waals surface area contributed by atoms with Gasteiger partial charge in [-0.15, -0.1) is 0 Å². The highest BCUT2D eigenvalue weighted by molar-refractivity contribution is 5.91. The first-order valence-electron chi connectivity index (χ1n) is 7.26. The number of piperidine rings is 1. The Bertz CT molecular complexity index is 493. The SMILES string of the molecule is CNCC(=O)N1CCC(C(=O)Nc2ccc(C)cn2)CC1. The van der Waals surface area contributed by atoms with Gasteiger partial charge in [0, 0.05) is 25.2 Å². The first-order chi connectivity index (χ1) is 10.1. The van der Waals surface area contributed by atoms with Gasteiger partial charge in [0.15, 0.2) is 0 Å². The van der Waals surface area contributed by atoms with Crippen LogP contribution in [0.25, 0.3) is 0 Å². The predicted molar refractivity (Wildman–Crippen MR) is 80.8 cm³/mol. The molecule has 0 spiro atoms. The van der Waals surface area contributed by atoms with Crippen LogP contribution in [0.1, 0.15) is 18.4 Å². The van der Waals surface area contributed by atoms with Crippen LogP contribution < -0.4 is 10.6 Å². The Morgan fingerprint density at radius 1 is 1.33 bits per heavy atom. The Morgan fingerprint density at radius 3 is 2.62 bits per heavy atom. The zero-order chi connectivity index (χ0) is 15.2. The van der Waals surface area contributed by atoms with Crippen LogP contribution in [0, 0.1) is 12.8 Å². The van der Waals surface area contributed by atoms with E-state index in [1.165, 1.54) is 0 Å². The molecule has 1 fully saturated rings. The van der Waals surface area contributed by atoms with Crippen molar-refractivity contribution in [3.8, 4) is 0 Å². The van der Waals surface area contributed by atoms with Gasteiger partial charge in [0.25, 0.3) is 0 Å². The van der Waals surface area contributed by atoms with Crippen molar-refractivity contribution in [2.24, 2.45) is 5.92 Å². The molecular formula is C15H22N4O2. The van der Waals surface area contributed by atoms with Gasteiger partial charge in [-0.1, -0.05) is 6.07 Å². The number of aromatic nitrogens is 1. The third-order valence-corrected chi connectivity index (χ3v) is 3.71. The second-order valence-corrected chi connectivity index (χ2v) is 5.40. The van der Waals surface area contributed by atoms with E-state index in [2.05, 4.69) is 15.6 Å². The van der Waals surface area contributed by atoms with Crippen molar-refractivity contribution < 1.29 is 9.59 Å². The summed E-state index contributed by atoms with van der Waals surface area (Å²) in [7, 11) is 1.76. The molecule has 1 aliphatic heterocycles. The summed E-state index contributed by atoms with van der Waals surface area (Å²) >= 11 is 0. The number of rotatable bonds is 4. The predicted octanol–water partition coefficient (Wildman–Crippen LogP) is 0.787. The molecule has 0 aliphatic carbocycles. The molecule has 21 heavy (non-hydrogen) atoms. The number of likely N-dealkylation sites (tertiary alicyclic amines) is 1. The molecule has 2 rings (SSSR count). The number of pyridine rings is 1. The Hall–Kier alpha value is -1.95. The number of hydrogen-bond acceptors (Lipinski definition) is 4. The van der Waals surface area contributed by atoms with E-state index in [0.717, 1.165) is 5.56 Å². The topological polar surface area (TPSA) is 74.3 Å². The number of carbonyl (C=O) groups is 2. The minimum atomic E-state index is -0.0493. The summed E-state index contributed by atoms with van der Waals surface area (Å²) in [5, 5.41) is 5.70. The summed E-state index contributed by atoms with van der Waals surface area (Å²) in [6, 6.07) is 3.72. The smallest absolute Gasteiger partial charge is 0.236 e. The van der Waals surface area contributed by atoms with Crippen LogP contribution in [0.2, 0.25) is 0 Å². The van der Waals surface area contributed by atoms with E-state index in [9.17, 15) is 9.59 Å². The standard InChI is InChI=1S/C15H22N4O2/c1-11-3-4-13(17-9-11)18-15(21)12-5-7-19(8-6-12)14(20)10-16-2/h3-4,9,12,16H,5-8,10H2,1-2H3,(H,17,18,21). The van der Waals surface area contributed by atoms with Gasteiger partial charge in [-0.3, -0.25) is 9.59 Å². The van der Waals surface area contributed by atoms with E-state index in [1.807, 2.05) is 17.9 Å². The van der Waals surface area contributed by atoms with Crippen LogP contribution in [0.5, 0.6) is 0 Å². The number of aryl methyl sites for hydroxylation is 1. The van der Waals surface area contributed by atoms with E-state index in [0.29, 0.717) is 38.3 Å². The summed E-state index contributed by atoms with van der Waals surface area (Å²) in [6.45, 7) is 3.58. The van der Waals surface area contributed by atoms with Crippen molar-refractivity contribution in [2.75, 3.05) is 32.0 Å². The highest BCUT2D eigenvalue weighted by Gasteiger charge is 2.27. The lowest BCUT2D eigenvalue weighted by Gasteiger charge is -2.31. The molecule has 6 nitrogen and oxygen atoms in total. The molecular weight excluding hydrogens is 268 g/mol. The zero-order valence-corrected chi connectivity index (χ0v) is 12.6. The minimum absolute atomic E-state index is 0.00734. The average molecular weight is 290 g/mol. The van der Waals surface area contributed by atoms with Crippen molar-refractivity contribution in [3.05, 3.63) is 23.9 Å². The number of hydrogen-bond donors (Lipinski definition) is 2. The number of anilines is 1. The summed E-state index contributed by atoms with van der Waals surface area (Å²) in [5.41, 5.74) is 1.06. The van der Waals surface area contributed by atoms with Crippen LogP contribution in [-0.2, 0) is 9.59 Å². The van der Waals surface area contributed by atoms with E-state index in [-0.39, 0.29) is 17.7 Å². The third kappa shape index (κ3) is 4.26. The maximum atomic E-state index is 12.2. The van der Waals surface area contributed by atoms with Crippen LogP contribution in [-0.4, -0.2) is 48.4 Å². The lowest BCUT2D eigenvalue weighted by molar-refractivity contribution is -0.133. The summed E-state index contributed by atoms with van der Waals surface area (Å²) in [6.07, 6.45) is 3.13. The molecule has 0 radical (unpaired) electrons. The Morgan fingerprint density at radius 2 is 2.05 bits per heavy atom. The van der Waals surface area contributed by atoms with Gasteiger partial charge < -0.3 is 15.5 Å². The molecule has 2 amide bonds. The molecule has 2 heterocycles. The molecule has 0 atom stereocenters. The molecule has 0 unspecified atom stereocenters. The second kappa shape index (κ2) is 7.17. The summed E-state index contributed by atoms with van der Waals surface area (Å²) < 4.78 is 0. The highest BCUT2D eigenvalue weighted by Crippen LogP contribution is 2.19. The van der Waals surface area contributed by atoms with Gasteiger partial charge in [0.2, 0.25) is 11.8 Å². The number of nitrogens with one attached hydrogen (secondary N) is 2. The van der Waals surface area contributed by atoms with E-state index in [4.69, 9.17) is 0 Å². The number of amides is 2. The molecule has 1 aromatic rings. The third-order valence-electron chi connectivity index (χ3n) is 3.71. The molecule has 2 N–H and O–H groups in total. The minimum Gasteiger partial charge on any atom is -0.342 e. The fourth-order valence-electron chi connectivity index (χ4n) is 2.42. The molecule has 0 bridgehead atoms. The molecule has 114 valence electrons.